The second-order valence-corrected chi connectivity index (χ2v) is 21.3. The molecule has 374 valence electrons. The van der Waals surface area contributed by atoms with Crippen LogP contribution in [0.25, 0.3) is 0 Å². The molecule has 0 aromatic heterocycles. The van der Waals surface area contributed by atoms with Gasteiger partial charge in [0.2, 0.25) is 5.91 Å². The summed E-state index contributed by atoms with van der Waals surface area (Å²) in [4.78, 5) is 31.1. The van der Waals surface area contributed by atoms with E-state index in [1.165, 1.54) is 19.6 Å². The SMILES string of the molecule is CO[C@]1(C)C[C@H](O[C@H]2[C@H](C)[C@@H](O[C@@H]3O[C@H](C)C[C@H](N(C)C)[C@H]3O)[C@](C)(O)C[C@@H](C)CN(CCCNC(=O)CCCc3ccccc3)[C@H](C)[C@@H](O)[C@](C)(O)[C@@H](I)OC(=O)[C@@H]2C)O[C@@H](C)[C@@H]1O. The standard InChI is InChI=1S/C48H82IN3O13/c1-28-25-46(7,58)42(64-44-38(54)35(51(10)11)24-29(2)61-44)30(3)39(63-37-26-47(8,60-12)41(56)33(6)62-37)31(4)43(57)65-45(49)48(9,59)40(55)32(5)52(27-28)23-17-22-50-36(53)21-16-20-34-18-14-13-15-19-34/h13-15,18-19,28-33,35,37-42,44-45,54-56,58-59H,16-17,20-27H2,1-12H3,(H,50,53)/t28-,29-,30+,31-,32-,33+,35+,37+,38-,39+,40-,41+,42-,44+,45+,46-,47-,48+/m1/s1. The number of benzene rings is 1. The number of esters is 1. The number of rotatable bonds is 14. The summed E-state index contributed by atoms with van der Waals surface area (Å²) in [5.74, 6) is -2.90. The van der Waals surface area contributed by atoms with Crippen LogP contribution in [0.2, 0.25) is 0 Å². The molecule has 0 bridgehead atoms. The van der Waals surface area contributed by atoms with E-state index in [4.69, 9.17) is 28.4 Å². The number of nitrogens with zero attached hydrogens (tertiary/aromatic N) is 2. The van der Waals surface area contributed by atoms with Crippen LogP contribution in [0.3, 0.4) is 0 Å². The van der Waals surface area contributed by atoms with E-state index in [0.29, 0.717) is 38.9 Å². The Hall–Kier alpha value is -1.59. The number of ether oxygens (including phenoxy) is 6. The van der Waals surface area contributed by atoms with E-state index in [9.17, 15) is 35.1 Å². The van der Waals surface area contributed by atoms with Crippen molar-refractivity contribution in [3.63, 3.8) is 0 Å². The average Bonchev–Trinajstić information content (AvgIpc) is 3.24. The summed E-state index contributed by atoms with van der Waals surface area (Å²) >= 11 is 1.83. The molecule has 0 spiro atoms. The van der Waals surface area contributed by atoms with Crippen molar-refractivity contribution < 1.29 is 63.5 Å². The number of alkyl halides is 1. The molecule has 0 radical (unpaired) electrons. The number of likely N-dealkylation sites (N-methyl/N-ethyl adjacent to an activating group) is 1. The van der Waals surface area contributed by atoms with Crippen LogP contribution < -0.4 is 5.32 Å². The van der Waals surface area contributed by atoms with Gasteiger partial charge in [-0.2, -0.15) is 0 Å². The molecule has 3 fully saturated rings. The minimum absolute atomic E-state index is 0.0436. The van der Waals surface area contributed by atoms with Gasteiger partial charge in [-0.1, -0.05) is 44.2 Å². The number of halogens is 1. The number of methoxy groups -OCH3 is 1. The molecule has 1 aromatic rings. The van der Waals surface area contributed by atoms with Gasteiger partial charge < -0.3 is 64.2 Å². The predicted octanol–water partition coefficient (Wildman–Crippen LogP) is 3.78. The van der Waals surface area contributed by atoms with Gasteiger partial charge in [-0.3, -0.25) is 14.5 Å². The lowest BCUT2D eigenvalue weighted by atomic mass is 9.77. The zero-order valence-electron chi connectivity index (χ0n) is 40.9. The van der Waals surface area contributed by atoms with E-state index in [2.05, 4.69) is 5.32 Å². The fourth-order valence-corrected chi connectivity index (χ4v) is 10.6. The number of amides is 1. The lowest BCUT2D eigenvalue weighted by Crippen LogP contribution is -2.60. The summed E-state index contributed by atoms with van der Waals surface area (Å²) in [6, 6.07) is 9.06. The number of carbonyl (C=O) groups excluding carboxylic acids is 2. The Kier molecular flexibility index (Phi) is 20.9. The molecule has 65 heavy (non-hydrogen) atoms. The summed E-state index contributed by atoms with van der Waals surface area (Å²) in [5.41, 5.74) is -3.43. The van der Waals surface area contributed by atoms with Crippen LogP contribution >= 0.6 is 22.6 Å². The molecule has 0 aliphatic carbocycles. The molecule has 3 saturated heterocycles. The molecule has 1 amide bonds. The van der Waals surface area contributed by atoms with E-state index in [-0.39, 0.29) is 36.8 Å². The number of aliphatic hydroxyl groups excluding tert-OH is 3. The van der Waals surface area contributed by atoms with Crippen molar-refractivity contribution in [2.75, 3.05) is 40.8 Å². The minimum Gasteiger partial charge on any atom is -0.448 e. The molecule has 17 heteroatoms. The van der Waals surface area contributed by atoms with Crippen molar-refractivity contribution >= 4 is 34.5 Å². The van der Waals surface area contributed by atoms with Crippen LogP contribution in [-0.2, 0) is 44.4 Å². The first-order chi connectivity index (χ1) is 30.3. The van der Waals surface area contributed by atoms with Crippen LogP contribution in [0.1, 0.15) is 106 Å². The van der Waals surface area contributed by atoms with Gasteiger partial charge in [-0.25, -0.2) is 0 Å². The molecule has 3 aliphatic rings. The van der Waals surface area contributed by atoms with Crippen molar-refractivity contribution in [3.05, 3.63) is 35.9 Å². The highest BCUT2D eigenvalue weighted by atomic mass is 127. The van der Waals surface area contributed by atoms with Gasteiger partial charge in [0.25, 0.3) is 0 Å². The second-order valence-electron chi connectivity index (χ2n) is 20.2. The highest BCUT2D eigenvalue weighted by Crippen LogP contribution is 2.40. The Labute approximate surface area is 401 Å². The van der Waals surface area contributed by atoms with Gasteiger partial charge in [0.05, 0.1) is 41.5 Å². The summed E-state index contributed by atoms with van der Waals surface area (Å²) in [6.45, 7) is 16.9. The summed E-state index contributed by atoms with van der Waals surface area (Å²) < 4.78 is 36.6. The number of aliphatic hydroxyl groups is 5. The highest BCUT2D eigenvalue weighted by molar-refractivity contribution is 14.1. The van der Waals surface area contributed by atoms with Gasteiger partial charge in [-0.05, 0) is 129 Å². The molecule has 16 nitrogen and oxygen atoms in total. The minimum atomic E-state index is -1.92. The summed E-state index contributed by atoms with van der Waals surface area (Å²) in [5, 5.41) is 62.4. The van der Waals surface area contributed by atoms with Crippen molar-refractivity contribution in [1.29, 1.82) is 0 Å². The van der Waals surface area contributed by atoms with E-state index in [1.807, 2.05) is 90.7 Å². The maximum Gasteiger partial charge on any atom is 0.312 e. The molecule has 1 aromatic carbocycles. The Morgan fingerprint density at radius 1 is 0.954 bits per heavy atom. The quantitative estimate of drug-likeness (QED) is 0.0679. The van der Waals surface area contributed by atoms with E-state index >= 15 is 0 Å². The third-order valence-electron chi connectivity index (χ3n) is 14.1. The van der Waals surface area contributed by atoms with Crippen LogP contribution in [-0.4, -0.2) is 176 Å². The molecule has 6 N–H and O–H groups in total. The van der Waals surface area contributed by atoms with Gasteiger partial charge in [0.15, 0.2) is 16.7 Å². The highest BCUT2D eigenvalue weighted by Gasteiger charge is 2.53. The first kappa shape index (κ1) is 56.0. The average molecular weight is 1040 g/mol. The molecule has 0 unspecified atom stereocenters. The third kappa shape index (κ3) is 14.7. The molecular weight excluding hydrogens is 953 g/mol. The lowest BCUT2D eigenvalue weighted by Gasteiger charge is -2.48. The van der Waals surface area contributed by atoms with Crippen molar-refractivity contribution in [2.24, 2.45) is 17.8 Å². The van der Waals surface area contributed by atoms with Crippen molar-refractivity contribution in [2.45, 2.75) is 196 Å². The third-order valence-corrected chi connectivity index (χ3v) is 15.6. The van der Waals surface area contributed by atoms with Crippen LogP contribution in [0.4, 0.5) is 0 Å². The Morgan fingerprint density at radius 2 is 1.62 bits per heavy atom. The first-order valence-corrected chi connectivity index (χ1v) is 24.8. The predicted molar refractivity (Wildman–Crippen MR) is 254 cm³/mol. The number of nitrogens with one attached hydrogen (secondary N) is 1. The van der Waals surface area contributed by atoms with Gasteiger partial charge >= 0.3 is 5.97 Å². The number of carbonyl (C=O) groups is 2. The molecular formula is C48H82IN3O13. The maximum atomic E-state index is 14.4. The number of aryl methyl sites for hydroxylation is 1. The summed E-state index contributed by atoms with van der Waals surface area (Å²) in [6.07, 6.45) is -5.48. The van der Waals surface area contributed by atoms with Crippen LogP contribution in [0, 0.1) is 17.8 Å². The summed E-state index contributed by atoms with van der Waals surface area (Å²) in [7, 11) is 5.26. The fraction of sp³-hybridized carbons (Fsp3) is 0.833. The zero-order valence-corrected chi connectivity index (χ0v) is 43.1. The van der Waals surface area contributed by atoms with Gasteiger partial charge in [0.1, 0.15) is 23.9 Å². The van der Waals surface area contributed by atoms with Crippen LogP contribution in [0.15, 0.2) is 30.3 Å². The largest absolute Gasteiger partial charge is 0.448 e. The molecule has 3 aliphatic heterocycles. The molecule has 4 rings (SSSR count). The molecule has 0 saturated carbocycles. The van der Waals surface area contributed by atoms with E-state index in [1.54, 1.807) is 41.5 Å². The number of cyclic esters (lactones) is 1. The monoisotopic (exact) mass is 1040 g/mol. The number of hydrogen-bond acceptors (Lipinski definition) is 15. The topological polar surface area (TPSA) is 209 Å². The Morgan fingerprint density at radius 3 is 2.25 bits per heavy atom. The van der Waals surface area contributed by atoms with E-state index < -0.39 is 94.0 Å². The second kappa shape index (κ2) is 24.3. The van der Waals surface area contributed by atoms with Crippen molar-refractivity contribution in [3.8, 4) is 0 Å². The normalized spacial score (nSPS) is 41.9. The number of hydrogen-bond donors (Lipinski definition) is 6. The maximum absolute atomic E-state index is 14.4. The zero-order chi connectivity index (χ0) is 48.6. The van der Waals surface area contributed by atoms with Gasteiger partial charge in [-0.15, -0.1) is 0 Å². The Balaban J connectivity index is 1.68. The molecule has 18 atom stereocenters. The Bertz CT molecular complexity index is 1630. The first-order valence-electron chi connectivity index (χ1n) is 23.5. The molecule has 3 heterocycles. The lowest BCUT2D eigenvalue weighted by molar-refractivity contribution is -0.317. The smallest absolute Gasteiger partial charge is 0.312 e. The van der Waals surface area contributed by atoms with Crippen LogP contribution in [0.5, 0.6) is 0 Å². The van der Waals surface area contributed by atoms with Gasteiger partial charge in [0, 0.05) is 57.6 Å². The van der Waals surface area contributed by atoms with E-state index in [0.717, 1.165) is 12.8 Å². The van der Waals surface area contributed by atoms with Crippen molar-refractivity contribution in [1.82, 2.24) is 15.1 Å². The fourth-order valence-electron chi connectivity index (χ4n) is 10.0.